The van der Waals surface area contributed by atoms with Crippen LogP contribution in [0.5, 0.6) is 5.75 Å². The number of rotatable bonds is 8. The molecular weight excluding hydrogens is 326 g/mol. The highest BCUT2D eigenvalue weighted by molar-refractivity contribution is 5.89. The summed E-state index contributed by atoms with van der Waals surface area (Å²) in [6.45, 7) is 1.65. The zero-order valence-electron chi connectivity index (χ0n) is 14.4. The van der Waals surface area contributed by atoms with Gasteiger partial charge < -0.3 is 10.1 Å². The van der Waals surface area contributed by atoms with E-state index in [0.29, 0.717) is 11.6 Å². The second-order valence-electron chi connectivity index (χ2n) is 5.77. The average molecular weight is 349 g/mol. The first-order chi connectivity index (χ1) is 12.0. The molecule has 0 unspecified atom stereocenters. The Hall–Kier alpha value is -2.50. The molecule has 0 spiro atoms. The van der Waals surface area contributed by atoms with Gasteiger partial charge in [0.05, 0.1) is 0 Å². The maximum atomic E-state index is 12.1. The predicted octanol–water partition coefficient (Wildman–Crippen LogP) is 4.12. The third kappa shape index (κ3) is 5.81. The quantitative estimate of drug-likeness (QED) is 0.729. The van der Waals surface area contributed by atoms with E-state index in [9.17, 15) is 13.6 Å². The minimum absolute atomic E-state index is 0.0550. The number of carbonyl (C=O) groups is 1. The Morgan fingerprint density at radius 2 is 1.68 bits per heavy atom. The predicted molar refractivity (Wildman–Crippen MR) is 91.7 cm³/mol. The monoisotopic (exact) mass is 349 g/mol. The summed E-state index contributed by atoms with van der Waals surface area (Å²) in [6, 6.07) is 9.91. The van der Waals surface area contributed by atoms with E-state index in [-0.39, 0.29) is 18.2 Å². The zero-order chi connectivity index (χ0) is 18.2. The Morgan fingerprint density at radius 1 is 1.08 bits per heavy atom. The molecule has 0 atom stereocenters. The summed E-state index contributed by atoms with van der Waals surface area (Å²) < 4.78 is 30.3. The first kappa shape index (κ1) is 18.8. The molecule has 0 saturated heterocycles. The summed E-state index contributed by atoms with van der Waals surface area (Å²) in [7, 11) is 0. The van der Waals surface area contributed by atoms with E-state index in [4.69, 9.17) is 0 Å². The lowest BCUT2D eigenvalue weighted by atomic mass is 9.95. The molecular formula is C19H23F2N2O2+. The van der Waals surface area contributed by atoms with Gasteiger partial charge >= 0.3 is 6.61 Å². The molecule has 1 amide bonds. The fourth-order valence-electron chi connectivity index (χ4n) is 2.69. The number of hydrogen-bond donors (Lipinski definition) is 1. The van der Waals surface area contributed by atoms with Crippen LogP contribution in [0.4, 0.5) is 14.5 Å². The number of halogens is 2. The number of amides is 1. The first-order valence-electron chi connectivity index (χ1n) is 8.35. The van der Waals surface area contributed by atoms with E-state index in [1.165, 1.54) is 29.8 Å². The first-order valence-corrected chi connectivity index (χ1v) is 8.35. The largest absolute Gasteiger partial charge is 0.435 e. The number of nitrogens with one attached hydrogen (secondary N) is 1. The lowest BCUT2D eigenvalue weighted by Crippen LogP contribution is -2.39. The molecule has 1 aromatic carbocycles. The highest BCUT2D eigenvalue weighted by Gasteiger charge is 2.12. The molecule has 6 heteroatoms. The average Bonchev–Trinajstić information content (AvgIpc) is 2.59. The number of aromatic nitrogens is 1. The third-order valence-electron chi connectivity index (χ3n) is 4.06. The number of carbonyl (C=O) groups excluding carboxylic acids is 1. The van der Waals surface area contributed by atoms with E-state index >= 15 is 0 Å². The summed E-state index contributed by atoms with van der Waals surface area (Å²) >= 11 is 0. The molecule has 0 saturated carbocycles. The number of ether oxygens (including phenoxy) is 1. The molecule has 1 heterocycles. The van der Waals surface area contributed by atoms with Crippen molar-refractivity contribution in [3.8, 4) is 5.75 Å². The lowest BCUT2D eigenvalue weighted by molar-refractivity contribution is -0.684. The zero-order valence-corrected chi connectivity index (χ0v) is 14.4. The van der Waals surface area contributed by atoms with Gasteiger partial charge in [-0.25, -0.2) is 0 Å². The van der Waals surface area contributed by atoms with Crippen molar-refractivity contribution in [2.24, 2.45) is 0 Å². The minimum atomic E-state index is -2.86. The number of hydrogen-bond acceptors (Lipinski definition) is 2. The normalized spacial score (nSPS) is 11.0. The third-order valence-corrected chi connectivity index (χ3v) is 4.06. The fraction of sp³-hybridized carbons (Fsp3) is 0.368. The van der Waals surface area contributed by atoms with Crippen LogP contribution < -0.4 is 14.6 Å². The van der Waals surface area contributed by atoms with E-state index in [2.05, 4.69) is 23.9 Å². The van der Waals surface area contributed by atoms with Gasteiger partial charge in [-0.15, -0.1) is 0 Å². The molecule has 0 aliphatic rings. The molecule has 1 N–H and O–H groups in total. The van der Waals surface area contributed by atoms with E-state index in [0.717, 1.165) is 12.8 Å². The topological polar surface area (TPSA) is 42.2 Å². The summed E-state index contributed by atoms with van der Waals surface area (Å²) in [4.78, 5) is 12.1. The van der Waals surface area contributed by atoms with Gasteiger partial charge in [0.25, 0.3) is 5.91 Å². The van der Waals surface area contributed by atoms with E-state index in [1.54, 1.807) is 4.57 Å². The van der Waals surface area contributed by atoms with Crippen LogP contribution in [0, 0.1) is 0 Å². The number of alkyl halides is 2. The van der Waals surface area contributed by atoms with Gasteiger partial charge in [0.15, 0.2) is 12.4 Å². The van der Waals surface area contributed by atoms with Crippen molar-refractivity contribution in [1.82, 2.24) is 0 Å². The molecule has 0 bridgehead atoms. The Morgan fingerprint density at radius 3 is 2.20 bits per heavy atom. The maximum absolute atomic E-state index is 12.1. The van der Waals surface area contributed by atoms with Crippen LogP contribution in [0.3, 0.4) is 0 Å². The van der Waals surface area contributed by atoms with E-state index < -0.39 is 6.61 Å². The van der Waals surface area contributed by atoms with Crippen LogP contribution in [0.25, 0.3) is 0 Å². The maximum Gasteiger partial charge on any atom is 0.387 e. The van der Waals surface area contributed by atoms with Crippen LogP contribution in [-0.4, -0.2) is 12.5 Å². The van der Waals surface area contributed by atoms with Crippen molar-refractivity contribution in [3.63, 3.8) is 0 Å². The van der Waals surface area contributed by atoms with Crippen molar-refractivity contribution in [3.05, 3.63) is 54.4 Å². The minimum Gasteiger partial charge on any atom is -0.435 e. The molecule has 0 aliphatic carbocycles. The number of pyridine rings is 1. The number of benzene rings is 1. The molecule has 2 rings (SSSR count). The van der Waals surface area contributed by atoms with Crippen molar-refractivity contribution in [2.45, 2.75) is 45.8 Å². The second kappa shape index (κ2) is 9.11. The van der Waals surface area contributed by atoms with Crippen LogP contribution in [0.1, 0.15) is 38.2 Å². The molecule has 134 valence electrons. The van der Waals surface area contributed by atoms with Crippen LogP contribution in [0.15, 0.2) is 48.8 Å². The number of nitrogens with zero attached hydrogens (tertiary/aromatic N) is 1. The van der Waals surface area contributed by atoms with Gasteiger partial charge in [-0.05, 0) is 48.6 Å². The highest BCUT2D eigenvalue weighted by Crippen LogP contribution is 2.21. The molecule has 0 fully saturated rings. The van der Waals surface area contributed by atoms with E-state index in [1.807, 2.05) is 24.5 Å². The SMILES string of the molecule is CCC(CC)c1cc[n+](CC(=O)Nc2ccc(OC(F)F)cc2)cc1. The Labute approximate surface area is 146 Å². The summed E-state index contributed by atoms with van der Waals surface area (Å²) in [5, 5.41) is 2.73. The van der Waals surface area contributed by atoms with Crippen molar-refractivity contribution in [1.29, 1.82) is 0 Å². The van der Waals surface area contributed by atoms with Gasteiger partial charge in [-0.2, -0.15) is 13.3 Å². The van der Waals surface area contributed by atoms with Crippen molar-refractivity contribution < 1.29 is 22.9 Å². The second-order valence-corrected chi connectivity index (χ2v) is 5.77. The highest BCUT2D eigenvalue weighted by atomic mass is 19.3. The molecule has 0 radical (unpaired) electrons. The summed E-state index contributed by atoms with van der Waals surface area (Å²) in [5.74, 6) is 0.402. The Kier molecular flexibility index (Phi) is 6.86. The molecule has 25 heavy (non-hydrogen) atoms. The van der Waals surface area contributed by atoms with Gasteiger partial charge in [-0.3, -0.25) is 4.79 Å². The van der Waals surface area contributed by atoms with Crippen LogP contribution in [0.2, 0.25) is 0 Å². The Balaban J connectivity index is 1.91. The molecule has 1 aromatic heterocycles. The molecule has 2 aromatic rings. The Bertz CT molecular complexity index is 669. The van der Waals surface area contributed by atoms with Crippen molar-refractivity contribution in [2.75, 3.05) is 5.32 Å². The van der Waals surface area contributed by atoms with Gasteiger partial charge in [0.2, 0.25) is 6.54 Å². The molecule has 0 aliphatic heterocycles. The summed E-state index contributed by atoms with van der Waals surface area (Å²) in [5.41, 5.74) is 1.80. The fourth-order valence-corrected chi connectivity index (χ4v) is 2.69. The van der Waals surface area contributed by atoms with Crippen LogP contribution >= 0.6 is 0 Å². The van der Waals surface area contributed by atoms with Gasteiger partial charge in [-0.1, -0.05) is 13.8 Å². The summed E-state index contributed by atoms with van der Waals surface area (Å²) in [6.07, 6.45) is 5.97. The van der Waals surface area contributed by atoms with Crippen molar-refractivity contribution >= 4 is 11.6 Å². The molecule has 4 nitrogen and oxygen atoms in total. The van der Waals surface area contributed by atoms with Crippen LogP contribution in [-0.2, 0) is 11.3 Å². The van der Waals surface area contributed by atoms with Gasteiger partial charge in [0.1, 0.15) is 5.75 Å². The van der Waals surface area contributed by atoms with Gasteiger partial charge in [0, 0.05) is 17.8 Å². The number of anilines is 1. The standard InChI is InChI=1S/C19H22F2N2O2/c1-3-14(4-2)15-9-11-23(12-10-15)13-18(24)22-16-5-7-17(8-6-16)25-19(20)21/h5-12,14,19H,3-4,13H2,1-2H3/p+1. The smallest absolute Gasteiger partial charge is 0.387 e. The lowest BCUT2D eigenvalue weighted by Gasteiger charge is -2.11.